The lowest BCUT2D eigenvalue weighted by Crippen LogP contribution is -2.48. The van der Waals surface area contributed by atoms with Crippen LogP contribution in [-0.2, 0) is 9.59 Å². The van der Waals surface area contributed by atoms with Gasteiger partial charge in [-0.1, -0.05) is 31.4 Å². The molecule has 2 amide bonds. The summed E-state index contributed by atoms with van der Waals surface area (Å²) in [4.78, 5) is 30.4. The topological polar surface area (TPSA) is 65.0 Å². The van der Waals surface area contributed by atoms with Crippen LogP contribution in [0.4, 0.5) is 0 Å². The lowest BCUT2D eigenvalue weighted by molar-refractivity contribution is -0.135. The molecule has 0 bridgehead atoms. The molecule has 2 aromatic rings. The van der Waals surface area contributed by atoms with Crippen LogP contribution in [0.15, 0.2) is 40.1 Å². The van der Waals surface area contributed by atoms with E-state index in [1.807, 2.05) is 12.1 Å². The Morgan fingerprint density at radius 3 is 2.45 bits per heavy atom. The van der Waals surface area contributed by atoms with Crippen LogP contribution in [0.5, 0.6) is 0 Å². The molecule has 5 rings (SSSR count). The molecule has 0 radical (unpaired) electrons. The number of hydrogen-bond donors (Lipinski definition) is 1. The SMILES string of the molecule is O=C(NC1CCN(CC(=O)N2N=C(c3cccs3)CC2c2cccs2)CC1)C1CCCCC1. The number of hydrazone groups is 1. The van der Waals surface area contributed by atoms with Gasteiger partial charge in [0.1, 0.15) is 0 Å². The van der Waals surface area contributed by atoms with E-state index in [-0.39, 0.29) is 29.8 Å². The molecule has 176 valence electrons. The maximum absolute atomic E-state index is 13.3. The highest BCUT2D eigenvalue weighted by molar-refractivity contribution is 7.12. The molecule has 33 heavy (non-hydrogen) atoms. The van der Waals surface area contributed by atoms with Crippen LogP contribution in [0.25, 0.3) is 0 Å². The number of carbonyl (C=O) groups is 2. The van der Waals surface area contributed by atoms with E-state index in [0.717, 1.165) is 55.8 Å². The Balaban J connectivity index is 1.16. The zero-order chi connectivity index (χ0) is 22.6. The number of likely N-dealkylation sites (tertiary alicyclic amines) is 1. The first-order chi connectivity index (χ1) is 16.2. The second-order valence-electron chi connectivity index (χ2n) is 9.39. The highest BCUT2D eigenvalue weighted by Gasteiger charge is 2.35. The Kier molecular flexibility index (Phi) is 7.23. The fourth-order valence-corrected chi connectivity index (χ4v) is 6.75. The summed E-state index contributed by atoms with van der Waals surface area (Å²) in [5, 5.41) is 13.9. The number of rotatable bonds is 6. The smallest absolute Gasteiger partial charge is 0.257 e. The van der Waals surface area contributed by atoms with E-state index >= 15 is 0 Å². The number of piperidine rings is 1. The summed E-state index contributed by atoms with van der Waals surface area (Å²) >= 11 is 3.36. The molecule has 1 saturated carbocycles. The Morgan fingerprint density at radius 2 is 1.76 bits per heavy atom. The van der Waals surface area contributed by atoms with E-state index < -0.39 is 0 Å². The van der Waals surface area contributed by atoms with Gasteiger partial charge in [-0.2, -0.15) is 5.10 Å². The first-order valence-corrected chi connectivity index (χ1v) is 13.9. The summed E-state index contributed by atoms with van der Waals surface area (Å²) in [6.45, 7) is 2.05. The fraction of sp³-hybridized carbons (Fsp3) is 0.560. The van der Waals surface area contributed by atoms with Gasteiger partial charge in [-0.25, -0.2) is 5.01 Å². The zero-order valence-electron chi connectivity index (χ0n) is 18.9. The largest absolute Gasteiger partial charge is 0.353 e. The zero-order valence-corrected chi connectivity index (χ0v) is 20.6. The van der Waals surface area contributed by atoms with Crippen molar-refractivity contribution in [2.75, 3.05) is 19.6 Å². The van der Waals surface area contributed by atoms with Crippen molar-refractivity contribution < 1.29 is 9.59 Å². The second-order valence-corrected chi connectivity index (χ2v) is 11.3. The Morgan fingerprint density at radius 1 is 1.00 bits per heavy atom. The summed E-state index contributed by atoms with van der Waals surface area (Å²) in [5.41, 5.74) is 1.00. The molecular weight excluding hydrogens is 452 g/mol. The van der Waals surface area contributed by atoms with Crippen LogP contribution in [0, 0.1) is 5.92 Å². The summed E-state index contributed by atoms with van der Waals surface area (Å²) in [6.07, 6.45) is 8.27. The van der Waals surface area contributed by atoms with E-state index in [1.165, 1.54) is 24.1 Å². The van der Waals surface area contributed by atoms with Gasteiger partial charge in [-0.05, 0) is 48.6 Å². The molecule has 6 nitrogen and oxygen atoms in total. The van der Waals surface area contributed by atoms with Crippen LogP contribution in [0.1, 0.15) is 67.2 Å². The predicted molar refractivity (Wildman–Crippen MR) is 134 cm³/mol. The van der Waals surface area contributed by atoms with Gasteiger partial charge in [0.25, 0.3) is 5.91 Å². The van der Waals surface area contributed by atoms with Crippen molar-refractivity contribution in [3.05, 3.63) is 44.8 Å². The highest BCUT2D eigenvalue weighted by atomic mass is 32.1. The standard InChI is InChI=1S/C25H32N4O2S2/c30-24(17-28-12-10-19(11-13-28)26-25(31)18-6-2-1-3-7-18)29-21(23-9-5-15-33-23)16-20(27-29)22-8-4-14-32-22/h4-5,8-9,14-15,18-19,21H,1-3,6-7,10-13,16-17H2,(H,26,31). The quantitative estimate of drug-likeness (QED) is 0.649. The normalized spacial score (nSPS) is 23.0. The summed E-state index contributed by atoms with van der Waals surface area (Å²) in [7, 11) is 0. The molecule has 2 aliphatic heterocycles. The molecule has 0 aromatic carbocycles. The highest BCUT2D eigenvalue weighted by Crippen LogP contribution is 2.36. The average Bonchev–Trinajstić information content (AvgIpc) is 3.62. The van der Waals surface area contributed by atoms with Crippen LogP contribution < -0.4 is 5.32 Å². The molecule has 2 aromatic heterocycles. The number of nitrogens with zero attached hydrogens (tertiary/aromatic N) is 3. The van der Waals surface area contributed by atoms with E-state index in [9.17, 15) is 9.59 Å². The van der Waals surface area contributed by atoms with Crippen molar-refractivity contribution in [2.24, 2.45) is 11.0 Å². The third kappa shape index (κ3) is 5.39. The molecule has 2 fully saturated rings. The van der Waals surface area contributed by atoms with E-state index in [1.54, 1.807) is 27.7 Å². The van der Waals surface area contributed by atoms with Gasteiger partial charge in [0.05, 0.1) is 23.2 Å². The molecule has 8 heteroatoms. The van der Waals surface area contributed by atoms with Crippen molar-refractivity contribution in [3.8, 4) is 0 Å². The van der Waals surface area contributed by atoms with Crippen LogP contribution >= 0.6 is 22.7 Å². The van der Waals surface area contributed by atoms with Gasteiger partial charge in [-0.15, -0.1) is 22.7 Å². The van der Waals surface area contributed by atoms with Crippen LogP contribution in [-0.4, -0.2) is 53.1 Å². The summed E-state index contributed by atoms with van der Waals surface area (Å²) in [6, 6.07) is 8.47. The van der Waals surface area contributed by atoms with Gasteiger partial charge in [0.15, 0.2) is 0 Å². The van der Waals surface area contributed by atoms with Crippen molar-refractivity contribution in [2.45, 2.75) is 63.5 Å². The third-order valence-corrected chi connectivity index (χ3v) is 9.00. The lowest BCUT2D eigenvalue weighted by Gasteiger charge is -2.34. The number of carbonyl (C=O) groups excluding carboxylic acids is 2. The van der Waals surface area contributed by atoms with Gasteiger partial charge >= 0.3 is 0 Å². The van der Waals surface area contributed by atoms with Gasteiger partial charge in [-0.3, -0.25) is 14.5 Å². The van der Waals surface area contributed by atoms with Gasteiger partial charge < -0.3 is 5.32 Å². The maximum Gasteiger partial charge on any atom is 0.257 e. The minimum atomic E-state index is -0.0121. The van der Waals surface area contributed by atoms with Crippen molar-refractivity contribution in [1.29, 1.82) is 0 Å². The molecule has 1 aliphatic carbocycles. The van der Waals surface area contributed by atoms with Crippen molar-refractivity contribution in [3.63, 3.8) is 0 Å². The Labute approximate surface area is 203 Å². The number of thiophene rings is 2. The molecule has 1 saturated heterocycles. The Bertz CT molecular complexity index is 959. The first-order valence-electron chi connectivity index (χ1n) is 12.2. The Hall–Kier alpha value is -2.03. The van der Waals surface area contributed by atoms with E-state index in [2.05, 4.69) is 33.1 Å². The van der Waals surface area contributed by atoms with Crippen LogP contribution in [0.2, 0.25) is 0 Å². The summed E-state index contributed by atoms with van der Waals surface area (Å²) in [5.74, 6) is 0.512. The fourth-order valence-electron chi connectivity index (χ4n) is 5.22. The monoisotopic (exact) mass is 484 g/mol. The van der Waals surface area contributed by atoms with E-state index in [4.69, 9.17) is 5.10 Å². The number of nitrogens with one attached hydrogen (secondary N) is 1. The number of hydrogen-bond acceptors (Lipinski definition) is 6. The predicted octanol–water partition coefficient (Wildman–Crippen LogP) is 4.65. The van der Waals surface area contributed by atoms with Gasteiger partial charge in [0.2, 0.25) is 5.91 Å². The minimum absolute atomic E-state index is 0.0121. The molecule has 0 spiro atoms. The molecule has 1 N–H and O–H groups in total. The molecule has 1 unspecified atom stereocenters. The second kappa shape index (κ2) is 10.5. The molecule has 3 aliphatic rings. The molecular formula is C25H32N4O2S2. The molecule has 1 atom stereocenters. The van der Waals surface area contributed by atoms with Crippen molar-refractivity contribution in [1.82, 2.24) is 15.2 Å². The van der Waals surface area contributed by atoms with Crippen molar-refractivity contribution >= 4 is 40.2 Å². The number of amides is 2. The lowest BCUT2D eigenvalue weighted by atomic mass is 9.88. The average molecular weight is 485 g/mol. The minimum Gasteiger partial charge on any atom is -0.353 e. The van der Waals surface area contributed by atoms with Crippen LogP contribution in [0.3, 0.4) is 0 Å². The van der Waals surface area contributed by atoms with E-state index in [0.29, 0.717) is 6.54 Å². The van der Waals surface area contributed by atoms with Gasteiger partial charge in [0, 0.05) is 36.3 Å². The molecule has 4 heterocycles. The summed E-state index contributed by atoms with van der Waals surface area (Å²) < 4.78 is 0. The third-order valence-electron chi connectivity index (χ3n) is 7.11. The maximum atomic E-state index is 13.3. The first kappa shape index (κ1) is 22.7.